The number of carbonyl (C=O) groups is 1. The van der Waals surface area contributed by atoms with Crippen LogP contribution < -0.4 is 4.90 Å². The van der Waals surface area contributed by atoms with Gasteiger partial charge < -0.3 is 14.2 Å². The second-order valence-electron chi connectivity index (χ2n) is 8.37. The van der Waals surface area contributed by atoms with Crippen LogP contribution in [0.1, 0.15) is 32.3 Å². The number of fused-ring (bicyclic) bond motifs is 1. The van der Waals surface area contributed by atoms with E-state index in [4.69, 9.17) is 4.42 Å². The predicted octanol–water partition coefficient (Wildman–Crippen LogP) is 5.13. The van der Waals surface area contributed by atoms with Crippen molar-refractivity contribution >= 4 is 22.4 Å². The van der Waals surface area contributed by atoms with E-state index in [9.17, 15) is 4.79 Å². The minimum absolute atomic E-state index is 0.106. The first kappa shape index (κ1) is 19.7. The number of hydrogen-bond donors (Lipinski definition) is 0. The van der Waals surface area contributed by atoms with Crippen molar-refractivity contribution in [3.05, 3.63) is 66.6 Å². The summed E-state index contributed by atoms with van der Waals surface area (Å²) in [5, 5.41) is 2.06. The van der Waals surface area contributed by atoms with Gasteiger partial charge in [-0.1, -0.05) is 49.4 Å². The van der Waals surface area contributed by atoms with Gasteiger partial charge in [0, 0.05) is 43.4 Å². The van der Waals surface area contributed by atoms with Crippen LogP contribution in [0, 0.1) is 5.92 Å². The summed E-state index contributed by atoms with van der Waals surface area (Å²) in [4.78, 5) is 17.1. The smallest absolute Gasteiger partial charge is 0.224 e. The molecule has 0 radical (unpaired) electrons. The number of amides is 1. The van der Waals surface area contributed by atoms with Gasteiger partial charge in [-0.3, -0.25) is 4.79 Å². The lowest BCUT2D eigenvalue weighted by atomic mass is 9.97. The summed E-state index contributed by atoms with van der Waals surface area (Å²) in [5.41, 5.74) is 2.38. The van der Waals surface area contributed by atoms with Crippen LogP contribution >= 0.6 is 0 Å². The summed E-state index contributed by atoms with van der Waals surface area (Å²) < 4.78 is 5.39. The molecule has 1 aliphatic rings. The third-order valence-electron chi connectivity index (χ3n) is 6.02. The third kappa shape index (κ3) is 4.54. The molecular formula is C25H30N2O2. The lowest BCUT2D eigenvalue weighted by Gasteiger charge is -2.39. The standard InChI is InChI=1S/C25H30N2O2/c1-19(15-21-7-4-3-5-8-21)16-26-13-11-23(12-14-26)27(20(2)28)25-10-6-9-22-17-29-18-24(22)25/h3-10,17-19,23H,11-16H2,1-2H3. The highest BCUT2D eigenvalue weighted by molar-refractivity contribution is 6.02. The highest BCUT2D eigenvalue weighted by Crippen LogP contribution is 2.32. The molecule has 3 aromatic rings. The van der Waals surface area contributed by atoms with Gasteiger partial charge >= 0.3 is 0 Å². The number of benzene rings is 2. The van der Waals surface area contributed by atoms with E-state index < -0.39 is 0 Å². The van der Waals surface area contributed by atoms with Crippen LogP contribution in [0.2, 0.25) is 0 Å². The number of rotatable bonds is 6. The van der Waals surface area contributed by atoms with Gasteiger partial charge in [0.15, 0.2) is 0 Å². The van der Waals surface area contributed by atoms with Crippen LogP contribution in [0.15, 0.2) is 65.5 Å². The second kappa shape index (κ2) is 8.83. The topological polar surface area (TPSA) is 36.7 Å². The molecule has 0 aliphatic carbocycles. The van der Waals surface area contributed by atoms with Crippen LogP contribution in [0.25, 0.3) is 10.8 Å². The number of hydrogen-bond acceptors (Lipinski definition) is 3. The Morgan fingerprint density at radius 3 is 2.59 bits per heavy atom. The van der Waals surface area contributed by atoms with Gasteiger partial charge in [0.1, 0.15) is 6.26 Å². The first-order valence-electron chi connectivity index (χ1n) is 10.6. The molecule has 2 aromatic carbocycles. The maximum absolute atomic E-state index is 12.6. The summed E-state index contributed by atoms with van der Waals surface area (Å²) in [6, 6.07) is 17.0. The second-order valence-corrected chi connectivity index (χ2v) is 8.37. The van der Waals surface area contributed by atoms with E-state index in [0.29, 0.717) is 5.92 Å². The molecule has 1 unspecified atom stereocenters. The Kier molecular flexibility index (Phi) is 6.00. The van der Waals surface area contributed by atoms with E-state index in [2.05, 4.69) is 42.2 Å². The van der Waals surface area contributed by atoms with Gasteiger partial charge in [-0.15, -0.1) is 0 Å². The minimum Gasteiger partial charge on any atom is -0.471 e. The van der Waals surface area contributed by atoms with E-state index in [1.807, 2.05) is 23.1 Å². The zero-order chi connectivity index (χ0) is 20.2. The molecule has 4 nitrogen and oxygen atoms in total. The van der Waals surface area contributed by atoms with E-state index in [1.165, 1.54) is 5.56 Å². The molecule has 4 rings (SSSR count). The van der Waals surface area contributed by atoms with Crippen LogP contribution in [0.5, 0.6) is 0 Å². The molecule has 0 bridgehead atoms. The number of nitrogens with zero attached hydrogens (tertiary/aromatic N) is 2. The summed E-state index contributed by atoms with van der Waals surface area (Å²) in [7, 11) is 0. The number of piperidine rings is 1. The van der Waals surface area contributed by atoms with Crippen molar-refractivity contribution in [2.24, 2.45) is 5.92 Å². The summed E-state index contributed by atoms with van der Waals surface area (Å²) in [6.45, 7) is 7.19. The molecular weight excluding hydrogens is 360 g/mol. The first-order valence-corrected chi connectivity index (χ1v) is 10.6. The van der Waals surface area contributed by atoms with Crippen molar-refractivity contribution < 1.29 is 9.21 Å². The summed E-state index contributed by atoms with van der Waals surface area (Å²) in [5.74, 6) is 0.729. The molecule has 1 aromatic heterocycles. The molecule has 1 atom stereocenters. The highest BCUT2D eigenvalue weighted by atomic mass is 16.3. The van der Waals surface area contributed by atoms with E-state index in [0.717, 1.165) is 55.4 Å². The third-order valence-corrected chi connectivity index (χ3v) is 6.02. The Balaban J connectivity index is 1.39. The number of carbonyl (C=O) groups excluding carboxylic acids is 1. The fourth-order valence-corrected chi connectivity index (χ4v) is 4.69. The van der Waals surface area contributed by atoms with Crippen molar-refractivity contribution in [2.75, 3.05) is 24.5 Å². The molecule has 0 spiro atoms. The largest absolute Gasteiger partial charge is 0.471 e. The van der Waals surface area contributed by atoms with Crippen molar-refractivity contribution in [1.82, 2.24) is 4.90 Å². The minimum atomic E-state index is 0.106. The van der Waals surface area contributed by atoms with Crippen molar-refractivity contribution in [3.63, 3.8) is 0 Å². The monoisotopic (exact) mass is 390 g/mol. The van der Waals surface area contributed by atoms with Crippen LogP contribution in [-0.4, -0.2) is 36.5 Å². The molecule has 1 fully saturated rings. The van der Waals surface area contributed by atoms with Gasteiger partial charge in [0.25, 0.3) is 0 Å². The Labute approximate surface area is 173 Å². The average Bonchev–Trinajstić information content (AvgIpc) is 3.20. The molecule has 2 heterocycles. The lowest BCUT2D eigenvalue weighted by molar-refractivity contribution is -0.117. The van der Waals surface area contributed by atoms with Crippen molar-refractivity contribution in [1.29, 1.82) is 0 Å². The molecule has 4 heteroatoms. The van der Waals surface area contributed by atoms with Crippen LogP contribution in [0.3, 0.4) is 0 Å². The van der Waals surface area contributed by atoms with Crippen molar-refractivity contribution in [2.45, 2.75) is 39.2 Å². The van der Waals surface area contributed by atoms with E-state index in [1.54, 1.807) is 19.5 Å². The molecule has 1 saturated heterocycles. The predicted molar refractivity (Wildman–Crippen MR) is 118 cm³/mol. The number of likely N-dealkylation sites (tertiary alicyclic amines) is 1. The van der Waals surface area contributed by atoms with Crippen LogP contribution in [-0.2, 0) is 11.2 Å². The Morgan fingerprint density at radius 1 is 1.10 bits per heavy atom. The normalized spacial score (nSPS) is 16.8. The van der Waals surface area contributed by atoms with E-state index >= 15 is 0 Å². The number of anilines is 1. The molecule has 0 N–H and O–H groups in total. The summed E-state index contributed by atoms with van der Waals surface area (Å²) in [6.07, 6.45) is 6.62. The lowest BCUT2D eigenvalue weighted by Crippen LogP contribution is -2.47. The maximum atomic E-state index is 12.6. The zero-order valence-electron chi connectivity index (χ0n) is 17.4. The highest BCUT2D eigenvalue weighted by Gasteiger charge is 2.29. The Morgan fingerprint density at radius 2 is 1.86 bits per heavy atom. The van der Waals surface area contributed by atoms with Gasteiger partial charge in [0.05, 0.1) is 12.0 Å². The fraction of sp³-hybridized carbons (Fsp3) is 0.400. The Bertz CT molecular complexity index is 942. The van der Waals surface area contributed by atoms with Gasteiger partial charge in [-0.2, -0.15) is 0 Å². The molecule has 0 saturated carbocycles. The quantitative estimate of drug-likeness (QED) is 0.585. The molecule has 152 valence electrons. The molecule has 1 amide bonds. The Hall–Kier alpha value is -2.59. The van der Waals surface area contributed by atoms with Gasteiger partial charge in [-0.05, 0) is 36.8 Å². The molecule has 1 aliphatic heterocycles. The van der Waals surface area contributed by atoms with E-state index in [-0.39, 0.29) is 11.9 Å². The van der Waals surface area contributed by atoms with Gasteiger partial charge in [-0.25, -0.2) is 0 Å². The van der Waals surface area contributed by atoms with Gasteiger partial charge in [0.2, 0.25) is 5.91 Å². The number of furan rings is 1. The average molecular weight is 391 g/mol. The molecule has 29 heavy (non-hydrogen) atoms. The van der Waals surface area contributed by atoms with Crippen LogP contribution in [0.4, 0.5) is 5.69 Å². The zero-order valence-corrected chi connectivity index (χ0v) is 17.4. The summed E-state index contributed by atoms with van der Waals surface area (Å²) >= 11 is 0. The fourth-order valence-electron chi connectivity index (χ4n) is 4.69. The van der Waals surface area contributed by atoms with Crippen molar-refractivity contribution in [3.8, 4) is 0 Å². The SMILES string of the molecule is CC(=O)N(c1cccc2cocc12)C1CCN(CC(C)Cc2ccccc2)CC1. The maximum Gasteiger partial charge on any atom is 0.224 e. The first-order chi connectivity index (χ1) is 14.1.